The lowest BCUT2D eigenvalue weighted by Crippen LogP contribution is -2.21. The van der Waals surface area contributed by atoms with Crippen LogP contribution in [0, 0.1) is 5.92 Å². The van der Waals surface area contributed by atoms with Crippen molar-refractivity contribution in [2.24, 2.45) is 11.7 Å². The molecule has 0 spiro atoms. The Bertz CT molecular complexity index is 522. The molecule has 0 radical (unpaired) electrons. The molecule has 2 N–H and O–H groups in total. The van der Waals surface area contributed by atoms with Gasteiger partial charge >= 0.3 is 0 Å². The van der Waals surface area contributed by atoms with Gasteiger partial charge in [0.2, 0.25) is 0 Å². The van der Waals surface area contributed by atoms with Crippen molar-refractivity contribution < 1.29 is 0 Å². The van der Waals surface area contributed by atoms with Gasteiger partial charge in [-0.2, -0.15) is 0 Å². The van der Waals surface area contributed by atoms with Gasteiger partial charge in [-0.1, -0.05) is 52.3 Å². The van der Waals surface area contributed by atoms with Crippen molar-refractivity contribution in [2.45, 2.75) is 18.9 Å². The van der Waals surface area contributed by atoms with E-state index in [4.69, 9.17) is 5.73 Å². The lowest BCUT2D eigenvalue weighted by atomic mass is 9.91. The molecule has 0 saturated carbocycles. The molecule has 1 unspecified atom stereocenters. The molecular formula is C16H16BrN. The summed E-state index contributed by atoms with van der Waals surface area (Å²) >= 11 is 3.46. The van der Waals surface area contributed by atoms with E-state index in [1.54, 1.807) is 0 Å². The zero-order chi connectivity index (χ0) is 12.5. The molecule has 1 atom stereocenters. The van der Waals surface area contributed by atoms with Crippen molar-refractivity contribution in [1.82, 2.24) is 0 Å². The largest absolute Gasteiger partial charge is 0.324 e. The highest BCUT2D eigenvalue weighted by atomic mass is 79.9. The predicted octanol–water partition coefficient (Wildman–Crippen LogP) is 3.86. The molecule has 2 heteroatoms. The van der Waals surface area contributed by atoms with Crippen molar-refractivity contribution in [3.05, 3.63) is 69.7 Å². The van der Waals surface area contributed by atoms with Crippen molar-refractivity contribution in [3.8, 4) is 0 Å². The summed E-state index contributed by atoms with van der Waals surface area (Å²) in [4.78, 5) is 0. The van der Waals surface area contributed by atoms with Crippen LogP contribution >= 0.6 is 15.9 Å². The first-order valence-corrected chi connectivity index (χ1v) is 7.11. The smallest absolute Gasteiger partial charge is 0.0329 e. The summed E-state index contributed by atoms with van der Waals surface area (Å²) < 4.78 is 1.10. The summed E-state index contributed by atoms with van der Waals surface area (Å²) in [6, 6.07) is 17.2. The van der Waals surface area contributed by atoms with E-state index in [9.17, 15) is 0 Å². The van der Waals surface area contributed by atoms with E-state index in [-0.39, 0.29) is 6.04 Å². The number of nitrogens with two attached hydrogens (primary N) is 1. The lowest BCUT2D eigenvalue weighted by Gasteiger charge is -2.19. The van der Waals surface area contributed by atoms with Crippen LogP contribution in [0.25, 0.3) is 0 Å². The van der Waals surface area contributed by atoms with Gasteiger partial charge in [-0.25, -0.2) is 0 Å². The molecule has 92 valence electrons. The Morgan fingerprint density at radius 1 is 0.944 bits per heavy atom. The van der Waals surface area contributed by atoms with E-state index in [0.29, 0.717) is 5.92 Å². The van der Waals surface area contributed by atoms with Gasteiger partial charge in [-0.05, 0) is 47.6 Å². The summed E-state index contributed by atoms with van der Waals surface area (Å²) in [5.74, 6) is 0.531. The Balaban J connectivity index is 1.80. The minimum atomic E-state index is 0.130. The number of halogens is 1. The second-order valence-corrected chi connectivity index (χ2v) is 5.93. The first-order chi connectivity index (χ1) is 8.74. The summed E-state index contributed by atoms with van der Waals surface area (Å²) in [5.41, 5.74) is 10.6. The highest BCUT2D eigenvalue weighted by Crippen LogP contribution is 2.34. The molecule has 0 saturated heterocycles. The average Bonchev–Trinajstić information content (AvgIpc) is 2.82. The Kier molecular flexibility index (Phi) is 3.23. The molecule has 1 aliphatic rings. The van der Waals surface area contributed by atoms with Crippen LogP contribution in [0.3, 0.4) is 0 Å². The normalized spacial score (nSPS) is 16.6. The first-order valence-electron chi connectivity index (χ1n) is 6.32. The molecule has 0 fully saturated rings. The van der Waals surface area contributed by atoms with Crippen LogP contribution in [0.1, 0.15) is 22.7 Å². The van der Waals surface area contributed by atoms with Gasteiger partial charge in [-0.3, -0.25) is 0 Å². The van der Waals surface area contributed by atoms with Crippen LogP contribution in [0.5, 0.6) is 0 Å². The Hall–Kier alpha value is -1.12. The second-order valence-electron chi connectivity index (χ2n) is 5.01. The van der Waals surface area contributed by atoms with Gasteiger partial charge in [0.05, 0.1) is 0 Å². The van der Waals surface area contributed by atoms with E-state index in [2.05, 4.69) is 64.5 Å². The van der Waals surface area contributed by atoms with Gasteiger partial charge in [0.25, 0.3) is 0 Å². The van der Waals surface area contributed by atoms with E-state index in [0.717, 1.165) is 17.3 Å². The summed E-state index contributed by atoms with van der Waals surface area (Å²) in [6.45, 7) is 0. The lowest BCUT2D eigenvalue weighted by molar-refractivity contribution is 0.453. The van der Waals surface area contributed by atoms with Crippen LogP contribution in [0.2, 0.25) is 0 Å². The molecule has 0 heterocycles. The topological polar surface area (TPSA) is 26.0 Å². The number of fused-ring (bicyclic) bond motifs is 1. The van der Waals surface area contributed by atoms with Crippen molar-refractivity contribution >= 4 is 15.9 Å². The van der Waals surface area contributed by atoms with Crippen LogP contribution in [-0.2, 0) is 12.8 Å². The molecule has 2 aromatic rings. The fourth-order valence-electron chi connectivity index (χ4n) is 2.80. The third kappa shape index (κ3) is 2.23. The van der Waals surface area contributed by atoms with Crippen LogP contribution in [-0.4, -0.2) is 0 Å². The average molecular weight is 302 g/mol. The van der Waals surface area contributed by atoms with Crippen molar-refractivity contribution in [1.29, 1.82) is 0 Å². The molecule has 1 aliphatic carbocycles. The number of benzene rings is 2. The summed E-state index contributed by atoms with van der Waals surface area (Å²) in [7, 11) is 0. The SMILES string of the molecule is NC(c1ccc(Br)cc1)C1Cc2ccccc2C1. The molecule has 0 bridgehead atoms. The third-order valence-electron chi connectivity index (χ3n) is 3.85. The monoisotopic (exact) mass is 301 g/mol. The Labute approximate surface area is 116 Å². The van der Waals surface area contributed by atoms with Crippen LogP contribution < -0.4 is 5.73 Å². The summed E-state index contributed by atoms with van der Waals surface area (Å²) in [6.07, 6.45) is 2.21. The van der Waals surface area contributed by atoms with E-state index in [1.807, 2.05) is 0 Å². The zero-order valence-corrected chi connectivity index (χ0v) is 11.7. The maximum Gasteiger partial charge on any atom is 0.0329 e. The first kappa shape index (κ1) is 11.9. The second kappa shape index (κ2) is 4.87. The fourth-order valence-corrected chi connectivity index (χ4v) is 3.07. The summed E-state index contributed by atoms with van der Waals surface area (Å²) in [5, 5.41) is 0. The predicted molar refractivity (Wildman–Crippen MR) is 78.4 cm³/mol. The molecule has 3 rings (SSSR count). The molecular weight excluding hydrogens is 286 g/mol. The molecule has 1 nitrogen and oxygen atoms in total. The number of hydrogen-bond donors (Lipinski definition) is 1. The number of rotatable bonds is 2. The van der Waals surface area contributed by atoms with Gasteiger partial charge in [0.1, 0.15) is 0 Å². The fraction of sp³-hybridized carbons (Fsp3) is 0.250. The molecule has 18 heavy (non-hydrogen) atoms. The minimum absolute atomic E-state index is 0.130. The van der Waals surface area contributed by atoms with Gasteiger partial charge in [-0.15, -0.1) is 0 Å². The number of hydrogen-bond acceptors (Lipinski definition) is 1. The van der Waals surface area contributed by atoms with Gasteiger partial charge < -0.3 is 5.73 Å². The van der Waals surface area contributed by atoms with E-state index >= 15 is 0 Å². The highest BCUT2D eigenvalue weighted by molar-refractivity contribution is 9.10. The van der Waals surface area contributed by atoms with Gasteiger partial charge in [0, 0.05) is 10.5 Å². The van der Waals surface area contributed by atoms with E-state index in [1.165, 1.54) is 16.7 Å². The van der Waals surface area contributed by atoms with Crippen LogP contribution in [0.4, 0.5) is 0 Å². The van der Waals surface area contributed by atoms with Gasteiger partial charge in [0.15, 0.2) is 0 Å². The van der Waals surface area contributed by atoms with Crippen LogP contribution in [0.15, 0.2) is 53.0 Å². The quantitative estimate of drug-likeness (QED) is 0.895. The Morgan fingerprint density at radius 3 is 2.06 bits per heavy atom. The standard InChI is InChI=1S/C16H16BrN/c17-15-7-5-11(6-8-15)16(18)14-9-12-3-1-2-4-13(12)10-14/h1-8,14,16H,9-10,18H2. The maximum absolute atomic E-state index is 6.41. The maximum atomic E-state index is 6.41. The highest BCUT2D eigenvalue weighted by Gasteiger charge is 2.26. The molecule has 0 aromatic heterocycles. The molecule has 0 amide bonds. The minimum Gasteiger partial charge on any atom is -0.324 e. The molecule has 0 aliphatic heterocycles. The third-order valence-corrected chi connectivity index (χ3v) is 4.37. The van der Waals surface area contributed by atoms with E-state index < -0.39 is 0 Å². The molecule has 2 aromatic carbocycles. The van der Waals surface area contributed by atoms with Crippen molar-refractivity contribution in [3.63, 3.8) is 0 Å². The zero-order valence-electron chi connectivity index (χ0n) is 10.1. The Morgan fingerprint density at radius 2 is 1.50 bits per heavy atom. The van der Waals surface area contributed by atoms with Crippen molar-refractivity contribution in [2.75, 3.05) is 0 Å².